The van der Waals surface area contributed by atoms with Crippen LogP contribution in [0.15, 0.2) is 0 Å². The van der Waals surface area contributed by atoms with Crippen LogP contribution in [0.1, 0.15) is 12.8 Å². The highest BCUT2D eigenvalue weighted by Crippen LogP contribution is 2.26. The van der Waals surface area contributed by atoms with Gasteiger partial charge in [-0.15, -0.1) is 0 Å². The summed E-state index contributed by atoms with van der Waals surface area (Å²) in [7, 11) is 0. The van der Waals surface area contributed by atoms with E-state index < -0.39 is 18.3 Å². The number of hydrogen-bond acceptors (Lipinski definition) is 2. The van der Waals surface area contributed by atoms with Gasteiger partial charge < -0.3 is 10.4 Å². The molecule has 0 saturated carbocycles. The topological polar surface area (TPSA) is 32.3 Å². The maximum atomic E-state index is 12.0. The summed E-state index contributed by atoms with van der Waals surface area (Å²) < 4.78 is 35.9. The first-order valence-corrected chi connectivity index (χ1v) is 3.50. The molecule has 0 aromatic carbocycles. The van der Waals surface area contributed by atoms with Crippen molar-refractivity contribution in [3.63, 3.8) is 0 Å². The van der Waals surface area contributed by atoms with Gasteiger partial charge in [0, 0.05) is 0 Å². The summed E-state index contributed by atoms with van der Waals surface area (Å²) in [5.74, 6) is 0. The second-order valence-electron chi connectivity index (χ2n) is 2.68. The summed E-state index contributed by atoms with van der Waals surface area (Å²) in [6, 6.07) is -1.73. The number of nitrogens with one attached hydrogen (secondary N) is 1. The molecule has 1 aliphatic heterocycles. The molecule has 0 aliphatic carbocycles. The molecule has 1 fully saturated rings. The molecule has 1 saturated heterocycles. The van der Waals surface area contributed by atoms with Crippen molar-refractivity contribution in [1.29, 1.82) is 0 Å². The second-order valence-corrected chi connectivity index (χ2v) is 2.68. The zero-order valence-corrected chi connectivity index (χ0v) is 5.86. The fourth-order valence-electron chi connectivity index (χ4n) is 1.21. The summed E-state index contributed by atoms with van der Waals surface area (Å²) in [6.07, 6.45) is -4.76. The standard InChI is InChI=1S/C6H10F3NO/c7-6(8,9)5-4(11)2-1-3-10-5/h4-5,10-11H,1-3H2/t4-,5+/m1/s1. The van der Waals surface area contributed by atoms with Gasteiger partial charge in [0.25, 0.3) is 0 Å². The molecule has 0 amide bonds. The molecule has 0 bridgehead atoms. The van der Waals surface area contributed by atoms with Crippen molar-refractivity contribution >= 4 is 0 Å². The van der Waals surface area contributed by atoms with Crippen molar-refractivity contribution in [3.8, 4) is 0 Å². The van der Waals surface area contributed by atoms with E-state index in [9.17, 15) is 13.2 Å². The molecule has 0 aromatic rings. The molecule has 1 aliphatic rings. The van der Waals surface area contributed by atoms with Crippen LogP contribution in [0.3, 0.4) is 0 Å². The van der Waals surface area contributed by atoms with E-state index in [0.717, 1.165) is 0 Å². The molecule has 0 aromatic heterocycles. The third kappa shape index (κ3) is 2.07. The van der Waals surface area contributed by atoms with Crippen molar-refractivity contribution in [1.82, 2.24) is 5.32 Å². The molecule has 2 N–H and O–H groups in total. The first-order valence-electron chi connectivity index (χ1n) is 3.50. The largest absolute Gasteiger partial charge is 0.406 e. The minimum atomic E-state index is -4.32. The Bertz CT molecular complexity index is 136. The van der Waals surface area contributed by atoms with E-state index in [1.807, 2.05) is 0 Å². The Morgan fingerprint density at radius 2 is 2.00 bits per heavy atom. The van der Waals surface area contributed by atoms with Gasteiger partial charge in [0.1, 0.15) is 6.04 Å². The fraction of sp³-hybridized carbons (Fsp3) is 1.00. The number of halogens is 3. The molecule has 0 radical (unpaired) electrons. The lowest BCUT2D eigenvalue weighted by atomic mass is 10.0. The smallest absolute Gasteiger partial charge is 0.391 e. The van der Waals surface area contributed by atoms with E-state index in [1.165, 1.54) is 0 Å². The Labute approximate surface area is 62.4 Å². The lowest BCUT2D eigenvalue weighted by Gasteiger charge is -2.30. The van der Waals surface area contributed by atoms with Crippen LogP contribution in [-0.4, -0.2) is 30.0 Å². The van der Waals surface area contributed by atoms with E-state index in [0.29, 0.717) is 13.0 Å². The summed E-state index contributed by atoms with van der Waals surface area (Å²) >= 11 is 0. The maximum absolute atomic E-state index is 12.0. The highest BCUT2D eigenvalue weighted by molar-refractivity contribution is 4.86. The molecule has 0 unspecified atom stereocenters. The molecular weight excluding hydrogens is 159 g/mol. The predicted octanol–water partition coefficient (Wildman–Crippen LogP) is 0.662. The van der Waals surface area contributed by atoms with Crippen LogP contribution in [0, 0.1) is 0 Å². The molecule has 66 valence electrons. The Morgan fingerprint density at radius 3 is 2.36 bits per heavy atom. The summed E-state index contributed by atoms with van der Waals surface area (Å²) in [5, 5.41) is 11.2. The van der Waals surface area contributed by atoms with Crippen molar-refractivity contribution in [2.24, 2.45) is 0 Å². The van der Waals surface area contributed by atoms with Crippen LogP contribution in [0.4, 0.5) is 13.2 Å². The number of alkyl halides is 3. The summed E-state index contributed by atoms with van der Waals surface area (Å²) in [6.45, 7) is 0.335. The SMILES string of the molecule is O[C@@H]1CCCN[C@@H]1C(F)(F)F. The Balaban J connectivity index is 2.55. The first-order chi connectivity index (χ1) is 5.02. The number of aliphatic hydroxyl groups is 1. The van der Waals surface area contributed by atoms with Crippen LogP contribution in [0.25, 0.3) is 0 Å². The van der Waals surface area contributed by atoms with Gasteiger partial charge >= 0.3 is 6.18 Å². The molecule has 5 heteroatoms. The van der Waals surface area contributed by atoms with E-state index >= 15 is 0 Å². The monoisotopic (exact) mass is 169 g/mol. The van der Waals surface area contributed by atoms with E-state index in [1.54, 1.807) is 0 Å². The number of aliphatic hydroxyl groups excluding tert-OH is 1. The quantitative estimate of drug-likeness (QED) is 0.558. The average molecular weight is 169 g/mol. The minimum Gasteiger partial charge on any atom is -0.391 e. The second kappa shape index (κ2) is 2.98. The van der Waals surface area contributed by atoms with Crippen molar-refractivity contribution < 1.29 is 18.3 Å². The van der Waals surface area contributed by atoms with Crippen LogP contribution in [0.2, 0.25) is 0 Å². The average Bonchev–Trinajstić information content (AvgIpc) is 1.86. The third-order valence-corrected chi connectivity index (χ3v) is 1.78. The Morgan fingerprint density at radius 1 is 1.36 bits per heavy atom. The highest BCUT2D eigenvalue weighted by atomic mass is 19.4. The van der Waals surface area contributed by atoms with Gasteiger partial charge in [0.2, 0.25) is 0 Å². The lowest BCUT2D eigenvalue weighted by molar-refractivity contribution is -0.182. The van der Waals surface area contributed by atoms with Gasteiger partial charge in [0.05, 0.1) is 6.10 Å². The number of piperidine rings is 1. The van der Waals surface area contributed by atoms with Gasteiger partial charge in [-0.1, -0.05) is 0 Å². The summed E-state index contributed by atoms with van der Waals surface area (Å²) in [4.78, 5) is 0. The summed E-state index contributed by atoms with van der Waals surface area (Å²) in [5.41, 5.74) is 0. The molecule has 2 atom stereocenters. The Hall–Kier alpha value is -0.290. The van der Waals surface area contributed by atoms with Crippen molar-refractivity contribution in [2.75, 3.05) is 6.54 Å². The molecule has 0 spiro atoms. The van der Waals surface area contributed by atoms with Gasteiger partial charge in [0.15, 0.2) is 0 Å². The van der Waals surface area contributed by atoms with Crippen molar-refractivity contribution in [2.45, 2.75) is 31.2 Å². The highest BCUT2D eigenvalue weighted by Gasteiger charge is 2.44. The van der Waals surface area contributed by atoms with Gasteiger partial charge in [-0.25, -0.2) is 0 Å². The predicted molar refractivity (Wildman–Crippen MR) is 33.1 cm³/mol. The van der Waals surface area contributed by atoms with Crippen LogP contribution in [-0.2, 0) is 0 Å². The van der Waals surface area contributed by atoms with Crippen LogP contribution in [0.5, 0.6) is 0 Å². The number of rotatable bonds is 0. The molecule has 1 heterocycles. The number of hydrogen-bond donors (Lipinski definition) is 2. The first kappa shape index (κ1) is 8.80. The van der Waals surface area contributed by atoms with E-state index in [-0.39, 0.29) is 6.42 Å². The molecule has 2 nitrogen and oxygen atoms in total. The van der Waals surface area contributed by atoms with E-state index in [4.69, 9.17) is 5.11 Å². The van der Waals surface area contributed by atoms with Crippen LogP contribution >= 0.6 is 0 Å². The molecule has 11 heavy (non-hydrogen) atoms. The lowest BCUT2D eigenvalue weighted by Crippen LogP contribution is -2.53. The van der Waals surface area contributed by atoms with Gasteiger partial charge in [-0.3, -0.25) is 0 Å². The van der Waals surface area contributed by atoms with Crippen molar-refractivity contribution in [3.05, 3.63) is 0 Å². The molecular formula is C6H10F3NO. The zero-order valence-electron chi connectivity index (χ0n) is 5.86. The fourth-order valence-corrected chi connectivity index (χ4v) is 1.21. The normalized spacial score (nSPS) is 33.8. The van der Waals surface area contributed by atoms with Gasteiger partial charge in [-0.05, 0) is 19.4 Å². The maximum Gasteiger partial charge on any atom is 0.406 e. The van der Waals surface area contributed by atoms with Gasteiger partial charge in [-0.2, -0.15) is 13.2 Å². The zero-order chi connectivity index (χ0) is 8.48. The third-order valence-electron chi connectivity index (χ3n) is 1.78. The Kier molecular flexibility index (Phi) is 2.39. The van der Waals surface area contributed by atoms with Crippen LogP contribution < -0.4 is 5.32 Å². The van der Waals surface area contributed by atoms with E-state index in [2.05, 4.69) is 5.32 Å². The molecule has 1 rings (SSSR count). The minimum absolute atomic E-state index is 0.233.